The topological polar surface area (TPSA) is 115 Å². The Morgan fingerprint density at radius 2 is 1.82 bits per heavy atom. The Kier molecular flexibility index (Phi) is 6.00. The van der Waals surface area contributed by atoms with Crippen molar-refractivity contribution in [1.82, 2.24) is 19.3 Å². The monoisotopic (exact) mass is 553 g/mol. The molecule has 6 rings (SSSR count). The summed E-state index contributed by atoms with van der Waals surface area (Å²) in [5.74, 6) is 0.768. The number of amides is 1. The third kappa shape index (κ3) is 4.23. The lowest BCUT2D eigenvalue weighted by atomic mass is 9.87. The van der Waals surface area contributed by atoms with Gasteiger partial charge < -0.3 is 20.3 Å². The first kappa shape index (κ1) is 26.1. The molecule has 2 fully saturated rings. The maximum absolute atomic E-state index is 13.3. The van der Waals surface area contributed by atoms with Crippen LogP contribution >= 0.6 is 0 Å². The zero-order valence-electron chi connectivity index (χ0n) is 21.6. The number of benzene rings is 2. The van der Waals surface area contributed by atoms with E-state index in [1.165, 1.54) is 19.1 Å². The van der Waals surface area contributed by atoms with Crippen molar-refractivity contribution in [3.63, 3.8) is 0 Å². The molecule has 0 aliphatic carbocycles. The van der Waals surface area contributed by atoms with Crippen molar-refractivity contribution in [3.05, 3.63) is 83.4 Å². The van der Waals surface area contributed by atoms with E-state index in [2.05, 4.69) is 4.98 Å². The van der Waals surface area contributed by atoms with Crippen LogP contribution < -0.4 is 5.73 Å². The number of rotatable bonds is 4. The summed E-state index contributed by atoms with van der Waals surface area (Å²) in [6.45, 7) is 3.83. The Bertz CT molecular complexity index is 1600. The lowest BCUT2D eigenvalue weighted by molar-refractivity contribution is -0.137. The Morgan fingerprint density at radius 3 is 2.55 bits per heavy atom. The van der Waals surface area contributed by atoms with Crippen molar-refractivity contribution < 1.29 is 32.5 Å². The van der Waals surface area contributed by atoms with Gasteiger partial charge in [-0.15, -0.1) is 0 Å². The number of halogens is 3. The van der Waals surface area contributed by atoms with Gasteiger partial charge in [0, 0.05) is 18.0 Å². The molecule has 4 heterocycles. The number of fused-ring (bicyclic) bond motifs is 2. The molecule has 2 aliphatic rings. The molecule has 0 bridgehead atoms. The summed E-state index contributed by atoms with van der Waals surface area (Å²) in [6.07, 6.45) is -2.47. The molecule has 1 amide bonds. The fourth-order valence-electron chi connectivity index (χ4n) is 5.36. The number of cyclic esters (lactones) is 1. The van der Waals surface area contributed by atoms with Crippen LogP contribution in [0.4, 0.5) is 23.8 Å². The van der Waals surface area contributed by atoms with Crippen molar-refractivity contribution in [2.24, 2.45) is 0 Å². The first-order chi connectivity index (χ1) is 18.9. The molecule has 2 aromatic heterocycles. The molecule has 2 aliphatic heterocycles. The molecule has 0 unspecified atom stereocenters. The molecule has 2 aromatic carbocycles. The summed E-state index contributed by atoms with van der Waals surface area (Å²) < 4.78 is 53.0. The molecule has 2 saturated heterocycles. The van der Waals surface area contributed by atoms with Crippen LogP contribution in [0.25, 0.3) is 16.8 Å². The number of nitrogens with zero attached hydrogens (tertiary/aromatic N) is 4. The lowest BCUT2D eigenvalue weighted by Gasteiger charge is -2.33. The first-order valence-electron chi connectivity index (χ1n) is 12.7. The van der Waals surface area contributed by atoms with Crippen molar-refractivity contribution in [3.8, 4) is 11.3 Å². The number of nitrogens with two attached hydrogens (primary N) is 1. The summed E-state index contributed by atoms with van der Waals surface area (Å²) in [4.78, 5) is 23.0. The molecule has 9 nitrogen and oxygen atoms in total. The minimum absolute atomic E-state index is 0.112. The van der Waals surface area contributed by atoms with Gasteiger partial charge in [0.25, 0.3) is 0 Å². The second-order valence-corrected chi connectivity index (χ2v) is 10.2. The van der Waals surface area contributed by atoms with Gasteiger partial charge in [0.2, 0.25) is 0 Å². The lowest BCUT2D eigenvalue weighted by Crippen LogP contribution is -2.47. The SMILES string of the molecule is C[C@H]1OC(=O)N2C[C@H](c3nc(-c4ccc([C@@](C)(O)c5cccc(C(F)(F)F)c5)cc4)c4c(N)nccn34)OC[C@@H]12. The van der Waals surface area contributed by atoms with Gasteiger partial charge in [0.15, 0.2) is 0 Å². The molecular formula is C28H26F3N5O4. The van der Waals surface area contributed by atoms with Gasteiger partial charge >= 0.3 is 12.3 Å². The number of alkyl halides is 3. The second kappa shape index (κ2) is 9.20. The van der Waals surface area contributed by atoms with Crippen LogP contribution in [0.1, 0.15) is 42.5 Å². The predicted molar refractivity (Wildman–Crippen MR) is 138 cm³/mol. The van der Waals surface area contributed by atoms with Gasteiger partial charge in [0.1, 0.15) is 40.7 Å². The van der Waals surface area contributed by atoms with Crippen LogP contribution in [-0.2, 0) is 21.3 Å². The Labute approximate surface area is 227 Å². The van der Waals surface area contributed by atoms with E-state index in [0.29, 0.717) is 34.8 Å². The standard InChI is InChI=1S/C28H26F3N5O4/c1-15-20-14-39-21(13-36(20)26(37)40-15)25-34-22(23-24(32)33-10-11-35(23)25)16-6-8-17(9-7-16)27(2,38)18-4-3-5-19(12-18)28(29,30)31/h3-12,15,20-21,38H,13-14H2,1-2H3,(H2,32,33)/t15-,20+,21-,27-/m1/s1. The predicted octanol–water partition coefficient (Wildman–Crippen LogP) is 4.53. The maximum Gasteiger partial charge on any atom is 0.416 e. The summed E-state index contributed by atoms with van der Waals surface area (Å²) in [6, 6.07) is 11.2. The van der Waals surface area contributed by atoms with E-state index >= 15 is 0 Å². The van der Waals surface area contributed by atoms with Gasteiger partial charge in [0.05, 0.1) is 24.8 Å². The number of imidazole rings is 1. The number of carbonyl (C=O) groups is 1. The number of aliphatic hydroxyl groups is 1. The highest BCUT2D eigenvalue weighted by Crippen LogP contribution is 2.38. The van der Waals surface area contributed by atoms with E-state index in [-0.39, 0.29) is 30.1 Å². The molecule has 12 heteroatoms. The van der Waals surface area contributed by atoms with Crippen molar-refractivity contribution in [1.29, 1.82) is 0 Å². The van der Waals surface area contributed by atoms with Crippen LogP contribution in [0.2, 0.25) is 0 Å². The van der Waals surface area contributed by atoms with E-state index in [1.54, 1.807) is 46.0 Å². The third-order valence-electron chi connectivity index (χ3n) is 7.66. The van der Waals surface area contributed by atoms with Crippen LogP contribution in [0.15, 0.2) is 60.9 Å². The van der Waals surface area contributed by atoms with E-state index < -0.39 is 29.5 Å². The summed E-state index contributed by atoms with van der Waals surface area (Å²) >= 11 is 0. The number of anilines is 1. The maximum atomic E-state index is 13.3. The Hall–Kier alpha value is -4.16. The molecule has 208 valence electrons. The van der Waals surface area contributed by atoms with E-state index in [4.69, 9.17) is 20.2 Å². The van der Waals surface area contributed by atoms with E-state index in [0.717, 1.165) is 12.1 Å². The number of morpholine rings is 1. The highest BCUT2D eigenvalue weighted by atomic mass is 19.4. The number of hydrogen-bond donors (Lipinski definition) is 2. The van der Waals surface area contributed by atoms with E-state index in [9.17, 15) is 23.1 Å². The van der Waals surface area contributed by atoms with Gasteiger partial charge in [-0.05, 0) is 37.1 Å². The van der Waals surface area contributed by atoms with Gasteiger partial charge in [-0.1, -0.05) is 36.4 Å². The fourth-order valence-corrected chi connectivity index (χ4v) is 5.36. The molecular weight excluding hydrogens is 527 g/mol. The largest absolute Gasteiger partial charge is 0.444 e. The van der Waals surface area contributed by atoms with Gasteiger partial charge in [-0.25, -0.2) is 14.8 Å². The molecule has 0 radical (unpaired) electrons. The molecule has 0 saturated carbocycles. The van der Waals surface area contributed by atoms with Crippen LogP contribution in [0, 0.1) is 0 Å². The summed E-state index contributed by atoms with van der Waals surface area (Å²) in [5.41, 5.74) is 5.94. The quantitative estimate of drug-likeness (QED) is 0.382. The van der Waals surface area contributed by atoms with E-state index in [1.807, 2.05) is 6.92 Å². The molecule has 0 spiro atoms. The first-order valence-corrected chi connectivity index (χ1v) is 12.7. The van der Waals surface area contributed by atoms with Gasteiger partial charge in [-0.3, -0.25) is 9.30 Å². The fraction of sp³-hybridized carbons (Fsp3) is 0.321. The molecule has 3 N–H and O–H groups in total. The number of ether oxygens (including phenoxy) is 2. The number of aromatic nitrogens is 3. The highest BCUT2D eigenvalue weighted by Gasteiger charge is 2.45. The van der Waals surface area contributed by atoms with Crippen LogP contribution in [0.3, 0.4) is 0 Å². The smallest absolute Gasteiger partial charge is 0.416 e. The second-order valence-electron chi connectivity index (χ2n) is 10.2. The number of hydrogen-bond acceptors (Lipinski definition) is 7. The van der Waals surface area contributed by atoms with Crippen molar-refractivity contribution in [2.75, 3.05) is 18.9 Å². The van der Waals surface area contributed by atoms with Crippen LogP contribution in [-0.4, -0.2) is 55.8 Å². The Morgan fingerprint density at radius 1 is 1.10 bits per heavy atom. The zero-order valence-corrected chi connectivity index (χ0v) is 21.6. The highest BCUT2D eigenvalue weighted by molar-refractivity contribution is 5.85. The third-order valence-corrected chi connectivity index (χ3v) is 7.66. The zero-order chi connectivity index (χ0) is 28.4. The number of nitrogen functional groups attached to an aromatic ring is 1. The minimum atomic E-state index is -4.53. The average Bonchev–Trinajstić information content (AvgIpc) is 3.46. The van der Waals surface area contributed by atoms with Gasteiger partial charge in [-0.2, -0.15) is 13.2 Å². The minimum Gasteiger partial charge on any atom is -0.444 e. The molecule has 4 atom stereocenters. The summed E-state index contributed by atoms with van der Waals surface area (Å²) in [7, 11) is 0. The van der Waals surface area contributed by atoms with Crippen molar-refractivity contribution in [2.45, 2.75) is 43.9 Å². The normalized spacial score (nSPS) is 22.7. The summed E-state index contributed by atoms with van der Waals surface area (Å²) in [5, 5.41) is 11.2. The average molecular weight is 554 g/mol. The molecule has 4 aromatic rings. The van der Waals surface area contributed by atoms with Crippen LogP contribution in [0.5, 0.6) is 0 Å². The van der Waals surface area contributed by atoms with Crippen molar-refractivity contribution >= 4 is 17.4 Å². The number of carbonyl (C=O) groups excluding carboxylic acids is 1. The Balaban J connectivity index is 1.35. The molecule has 40 heavy (non-hydrogen) atoms.